The minimum absolute atomic E-state index is 0.597. The SMILES string of the molecule is CCO[Si](CCCNc1cc(Cl)ccc1Cl)(OCC)OCC. The zero-order chi connectivity index (χ0) is 16.4. The van der Waals surface area contributed by atoms with Gasteiger partial charge in [-0.1, -0.05) is 23.2 Å². The summed E-state index contributed by atoms with van der Waals surface area (Å²) in [7, 11) is -2.56. The molecule has 1 N–H and O–H groups in total. The van der Waals surface area contributed by atoms with E-state index in [1.807, 2.05) is 26.8 Å². The largest absolute Gasteiger partial charge is 0.500 e. The molecule has 0 saturated carbocycles. The molecular weight excluding hydrogens is 341 g/mol. The van der Waals surface area contributed by atoms with Crippen LogP contribution in [-0.2, 0) is 13.3 Å². The summed E-state index contributed by atoms with van der Waals surface area (Å²) >= 11 is 12.1. The first-order chi connectivity index (χ1) is 10.6. The molecule has 0 aliphatic heterocycles. The van der Waals surface area contributed by atoms with E-state index >= 15 is 0 Å². The molecule has 126 valence electrons. The lowest BCUT2D eigenvalue weighted by Crippen LogP contribution is -2.46. The topological polar surface area (TPSA) is 39.7 Å². The summed E-state index contributed by atoms with van der Waals surface area (Å²) in [6, 6.07) is 6.15. The Morgan fingerprint density at radius 3 is 2.14 bits per heavy atom. The Kier molecular flexibility index (Phi) is 9.39. The lowest BCUT2D eigenvalue weighted by Gasteiger charge is -2.28. The number of hydrogen-bond acceptors (Lipinski definition) is 4. The molecule has 0 aliphatic carbocycles. The van der Waals surface area contributed by atoms with E-state index < -0.39 is 8.80 Å². The van der Waals surface area contributed by atoms with Crippen molar-refractivity contribution in [2.75, 3.05) is 31.7 Å². The first-order valence-electron chi connectivity index (χ1n) is 7.67. The molecule has 0 unspecified atom stereocenters. The molecule has 1 aromatic rings. The van der Waals surface area contributed by atoms with Crippen LogP contribution in [0.4, 0.5) is 5.69 Å². The second-order valence-corrected chi connectivity index (χ2v) is 8.21. The van der Waals surface area contributed by atoms with Crippen LogP contribution in [0.3, 0.4) is 0 Å². The van der Waals surface area contributed by atoms with E-state index in [2.05, 4.69) is 5.32 Å². The van der Waals surface area contributed by atoms with Crippen LogP contribution in [0.1, 0.15) is 27.2 Å². The fourth-order valence-electron chi connectivity index (χ4n) is 2.16. The Labute approximate surface area is 144 Å². The minimum atomic E-state index is -2.56. The highest BCUT2D eigenvalue weighted by Crippen LogP contribution is 2.26. The van der Waals surface area contributed by atoms with Gasteiger partial charge in [-0.15, -0.1) is 0 Å². The van der Waals surface area contributed by atoms with Crippen LogP contribution in [0.25, 0.3) is 0 Å². The maximum atomic E-state index is 6.13. The monoisotopic (exact) mass is 365 g/mol. The van der Waals surface area contributed by atoms with Gasteiger partial charge in [0, 0.05) is 37.4 Å². The second-order valence-electron chi connectivity index (χ2n) is 4.64. The van der Waals surface area contributed by atoms with Gasteiger partial charge in [-0.3, -0.25) is 0 Å². The minimum Gasteiger partial charge on any atom is -0.384 e. The van der Waals surface area contributed by atoms with Crippen molar-refractivity contribution in [3.63, 3.8) is 0 Å². The van der Waals surface area contributed by atoms with Crippen LogP contribution in [0, 0.1) is 0 Å². The molecule has 7 heteroatoms. The average molecular weight is 366 g/mol. The Morgan fingerprint density at radius 1 is 1.00 bits per heavy atom. The molecular formula is C15H25Cl2NO3Si. The summed E-state index contributed by atoms with van der Waals surface area (Å²) < 4.78 is 17.5. The predicted molar refractivity (Wildman–Crippen MR) is 95.0 cm³/mol. The van der Waals surface area contributed by atoms with Gasteiger partial charge >= 0.3 is 8.80 Å². The number of anilines is 1. The molecule has 4 nitrogen and oxygen atoms in total. The van der Waals surface area contributed by atoms with Gasteiger partial charge in [0.15, 0.2) is 0 Å². The van der Waals surface area contributed by atoms with Crippen molar-refractivity contribution >= 4 is 37.7 Å². The maximum absolute atomic E-state index is 6.13. The molecule has 0 fully saturated rings. The van der Waals surface area contributed by atoms with Crippen LogP contribution in [-0.4, -0.2) is 35.2 Å². The maximum Gasteiger partial charge on any atom is 0.500 e. The molecule has 0 aliphatic rings. The highest BCUT2D eigenvalue weighted by Gasteiger charge is 2.39. The highest BCUT2D eigenvalue weighted by atomic mass is 35.5. The number of hydrogen-bond donors (Lipinski definition) is 1. The molecule has 0 atom stereocenters. The normalized spacial score (nSPS) is 11.7. The smallest absolute Gasteiger partial charge is 0.384 e. The van der Waals surface area contributed by atoms with Gasteiger partial charge in [0.25, 0.3) is 0 Å². The Balaban J connectivity index is 2.52. The molecule has 0 bridgehead atoms. The van der Waals surface area contributed by atoms with Crippen molar-refractivity contribution in [2.24, 2.45) is 0 Å². The van der Waals surface area contributed by atoms with Crippen LogP contribution in [0.15, 0.2) is 18.2 Å². The standard InChI is InChI=1S/C15H25Cl2NO3Si/c1-4-19-22(20-5-2,21-6-3)11-7-10-18-15-12-13(16)8-9-14(15)17/h8-9,12,18H,4-7,10-11H2,1-3H3. The Bertz CT molecular complexity index is 432. The van der Waals surface area contributed by atoms with Crippen LogP contribution in [0.5, 0.6) is 0 Å². The Morgan fingerprint density at radius 2 is 1.59 bits per heavy atom. The van der Waals surface area contributed by atoms with Gasteiger partial charge in [-0.25, -0.2) is 0 Å². The van der Waals surface area contributed by atoms with E-state index in [9.17, 15) is 0 Å². The van der Waals surface area contributed by atoms with Crippen LogP contribution in [0.2, 0.25) is 16.1 Å². The molecule has 1 aromatic carbocycles. The molecule has 0 spiro atoms. The summed E-state index contributed by atoms with van der Waals surface area (Å²) in [4.78, 5) is 0. The number of benzene rings is 1. The average Bonchev–Trinajstić information content (AvgIpc) is 2.48. The zero-order valence-corrected chi connectivity index (χ0v) is 16.0. The highest BCUT2D eigenvalue weighted by molar-refractivity contribution is 6.60. The van der Waals surface area contributed by atoms with Gasteiger partial charge in [-0.2, -0.15) is 0 Å². The van der Waals surface area contributed by atoms with Gasteiger partial charge in [0.05, 0.1) is 10.7 Å². The van der Waals surface area contributed by atoms with Crippen molar-refractivity contribution < 1.29 is 13.3 Å². The summed E-state index contributed by atoms with van der Waals surface area (Å²) in [5.41, 5.74) is 0.839. The van der Waals surface area contributed by atoms with Crippen molar-refractivity contribution in [3.05, 3.63) is 28.2 Å². The third-order valence-electron chi connectivity index (χ3n) is 3.00. The van der Waals surface area contributed by atoms with Gasteiger partial charge < -0.3 is 18.6 Å². The van der Waals surface area contributed by atoms with Crippen molar-refractivity contribution in [3.8, 4) is 0 Å². The molecule has 1 rings (SSSR count). The first kappa shape index (κ1) is 19.7. The number of nitrogens with one attached hydrogen (secondary N) is 1. The fourth-order valence-corrected chi connectivity index (χ4v) is 5.13. The number of halogens is 2. The second kappa shape index (κ2) is 10.5. The van der Waals surface area contributed by atoms with Crippen LogP contribution >= 0.6 is 23.2 Å². The summed E-state index contributed by atoms with van der Waals surface area (Å²) in [5, 5.41) is 4.61. The quantitative estimate of drug-likeness (QED) is 0.449. The Hall–Kier alpha value is -0.303. The summed E-state index contributed by atoms with van der Waals surface area (Å²) in [6.07, 6.45) is 0.870. The van der Waals surface area contributed by atoms with E-state index in [-0.39, 0.29) is 0 Å². The third-order valence-corrected chi connectivity index (χ3v) is 6.71. The first-order valence-corrected chi connectivity index (χ1v) is 10.4. The predicted octanol–water partition coefficient (Wildman–Crippen LogP) is 4.84. The van der Waals surface area contributed by atoms with E-state index in [4.69, 9.17) is 36.5 Å². The zero-order valence-electron chi connectivity index (χ0n) is 13.5. The van der Waals surface area contributed by atoms with E-state index in [1.165, 1.54) is 0 Å². The summed E-state index contributed by atoms with van der Waals surface area (Å²) in [5.74, 6) is 0. The molecule has 0 amide bonds. The van der Waals surface area contributed by atoms with Gasteiger partial charge in [0.2, 0.25) is 0 Å². The van der Waals surface area contributed by atoms with Crippen molar-refractivity contribution in [1.29, 1.82) is 0 Å². The van der Waals surface area contributed by atoms with Crippen LogP contribution < -0.4 is 5.32 Å². The van der Waals surface area contributed by atoms with Gasteiger partial charge in [-0.05, 0) is 45.4 Å². The van der Waals surface area contributed by atoms with Crippen molar-refractivity contribution in [1.82, 2.24) is 0 Å². The van der Waals surface area contributed by atoms with E-state index in [1.54, 1.807) is 12.1 Å². The third kappa shape index (κ3) is 6.44. The van der Waals surface area contributed by atoms with E-state index in [0.29, 0.717) is 29.9 Å². The van der Waals surface area contributed by atoms with E-state index in [0.717, 1.165) is 24.7 Å². The molecule has 0 saturated heterocycles. The number of rotatable bonds is 11. The lowest BCUT2D eigenvalue weighted by molar-refractivity contribution is 0.0710. The lowest BCUT2D eigenvalue weighted by atomic mass is 10.3. The van der Waals surface area contributed by atoms with Gasteiger partial charge in [0.1, 0.15) is 0 Å². The molecule has 22 heavy (non-hydrogen) atoms. The molecule has 0 aromatic heterocycles. The molecule has 0 heterocycles. The van der Waals surface area contributed by atoms with Crippen molar-refractivity contribution in [2.45, 2.75) is 33.2 Å². The molecule has 0 radical (unpaired) electrons. The fraction of sp³-hybridized carbons (Fsp3) is 0.600. The summed E-state index contributed by atoms with van der Waals surface area (Å²) in [6.45, 7) is 8.43.